The molecule has 1 atom stereocenters. The van der Waals surface area contributed by atoms with Crippen LogP contribution in [0.15, 0.2) is 22.0 Å². The van der Waals surface area contributed by atoms with Gasteiger partial charge < -0.3 is 15.8 Å². The van der Waals surface area contributed by atoms with Gasteiger partial charge in [-0.3, -0.25) is 14.9 Å². The Morgan fingerprint density at radius 1 is 1.30 bits per heavy atom. The van der Waals surface area contributed by atoms with Crippen LogP contribution in [0.3, 0.4) is 0 Å². The highest BCUT2D eigenvalue weighted by molar-refractivity contribution is 9.11. The minimum atomic E-state index is -3.62. The second-order valence-electron chi connectivity index (χ2n) is 6.68. The van der Waals surface area contributed by atoms with Crippen LogP contribution in [-0.4, -0.2) is 38.1 Å². The summed E-state index contributed by atoms with van der Waals surface area (Å²) in [7, 11) is -3.62. The van der Waals surface area contributed by atoms with Crippen molar-refractivity contribution in [2.24, 2.45) is 11.7 Å². The van der Waals surface area contributed by atoms with Gasteiger partial charge >= 0.3 is 11.8 Å². The zero-order valence-corrected chi connectivity index (χ0v) is 19.5. The van der Waals surface area contributed by atoms with E-state index in [-0.39, 0.29) is 34.8 Å². The third-order valence-corrected chi connectivity index (χ3v) is 6.34. The van der Waals surface area contributed by atoms with Gasteiger partial charge in [-0.25, -0.2) is 17.8 Å². The molecule has 0 fully saturated rings. The van der Waals surface area contributed by atoms with E-state index in [0.717, 1.165) is 29.7 Å². The second kappa shape index (κ2) is 9.81. The molecule has 1 unspecified atom stereocenters. The third kappa shape index (κ3) is 6.45. The average Bonchev–Trinajstić information content (AvgIpc) is 3.00. The lowest BCUT2D eigenvalue weighted by Crippen LogP contribution is -2.29. The Morgan fingerprint density at radius 3 is 2.53 bits per heavy atom. The van der Waals surface area contributed by atoms with Crippen LogP contribution in [0.25, 0.3) is 0 Å². The van der Waals surface area contributed by atoms with E-state index in [1.807, 2.05) is 13.8 Å². The fourth-order valence-electron chi connectivity index (χ4n) is 2.05. The first-order valence-electron chi connectivity index (χ1n) is 8.53. The van der Waals surface area contributed by atoms with Crippen LogP contribution in [0.2, 0.25) is 0 Å². The van der Waals surface area contributed by atoms with Gasteiger partial charge in [0.05, 0.1) is 16.1 Å². The summed E-state index contributed by atoms with van der Waals surface area (Å²) in [5.74, 6) is -2.41. The molecule has 0 aliphatic carbocycles. The summed E-state index contributed by atoms with van der Waals surface area (Å²) in [5.41, 5.74) is 5.78. The lowest BCUT2D eigenvalue weighted by atomic mass is 10.2. The number of carbonyl (C=O) groups is 2. The zero-order valence-electron chi connectivity index (χ0n) is 16.2. The minimum absolute atomic E-state index is 0.0149. The van der Waals surface area contributed by atoms with Crippen molar-refractivity contribution in [3.8, 4) is 5.75 Å². The van der Waals surface area contributed by atoms with Crippen LogP contribution < -0.4 is 21.1 Å². The smallest absolute Gasteiger partial charge is 0.315 e. The molecule has 2 rings (SSSR count). The Balaban J connectivity index is 2.12. The lowest BCUT2D eigenvalue weighted by molar-refractivity contribution is -0.133. The van der Waals surface area contributed by atoms with Gasteiger partial charge in [0.1, 0.15) is 17.3 Å². The number of hydrogen-bond acceptors (Lipinski definition) is 8. The third-order valence-electron chi connectivity index (χ3n) is 3.53. The van der Waals surface area contributed by atoms with Gasteiger partial charge in [0.15, 0.2) is 20.3 Å². The maximum atomic E-state index is 13.5. The summed E-state index contributed by atoms with van der Waals surface area (Å²) in [4.78, 5) is 28.4. The summed E-state index contributed by atoms with van der Waals surface area (Å²) in [6.45, 7) is 4.09. The summed E-state index contributed by atoms with van der Waals surface area (Å²) in [6, 6.07) is 3.50. The van der Waals surface area contributed by atoms with Crippen molar-refractivity contribution in [2.45, 2.75) is 19.2 Å². The van der Waals surface area contributed by atoms with Gasteiger partial charge in [-0.2, -0.15) is 0 Å². The fraction of sp³-hybridized carbons (Fsp3) is 0.353. The molecule has 4 N–H and O–H groups in total. The molecule has 2 aromatic rings. The molecule has 1 aromatic heterocycles. The molecule has 0 saturated heterocycles. The number of rotatable bonds is 7. The molecule has 13 heteroatoms. The second-order valence-corrected chi connectivity index (χ2v) is 11.2. The number of sulfone groups is 1. The van der Waals surface area contributed by atoms with Crippen molar-refractivity contribution in [1.29, 1.82) is 0 Å². The molecule has 30 heavy (non-hydrogen) atoms. The number of ether oxygens (including phenoxy) is 1. The number of nitrogens with one attached hydrogen (secondary N) is 2. The largest absolute Gasteiger partial charge is 0.491 e. The number of hydrogen-bond donors (Lipinski definition) is 3. The first kappa shape index (κ1) is 24.2. The molecule has 0 radical (unpaired) electrons. The monoisotopic (exact) mass is 522 g/mol. The van der Waals surface area contributed by atoms with E-state index in [0.29, 0.717) is 3.79 Å². The van der Waals surface area contributed by atoms with Gasteiger partial charge in [0, 0.05) is 12.3 Å². The van der Waals surface area contributed by atoms with Crippen LogP contribution in [-0.2, 0) is 19.4 Å². The Labute approximate surface area is 185 Å². The number of halogens is 2. The number of amides is 2. The highest BCUT2D eigenvalue weighted by atomic mass is 79.9. The first-order chi connectivity index (χ1) is 13.9. The molecule has 1 aromatic carbocycles. The molecule has 2 amide bonds. The van der Waals surface area contributed by atoms with Gasteiger partial charge in [0.2, 0.25) is 0 Å². The SMILES string of the molecule is CC(C)COc1cc(F)ccc1NC(=O)C(=O)Nc1nc(C(N)S(C)(=O)=O)c(Br)s1. The number of anilines is 2. The number of benzene rings is 1. The maximum Gasteiger partial charge on any atom is 0.315 e. The van der Waals surface area contributed by atoms with E-state index in [1.54, 1.807) is 0 Å². The highest BCUT2D eigenvalue weighted by Crippen LogP contribution is 2.33. The fourth-order valence-corrected chi connectivity index (χ4v) is 4.39. The predicted molar refractivity (Wildman–Crippen MR) is 116 cm³/mol. The van der Waals surface area contributed by atoms with Crippen molar-refractivity contribution in [3.05, 3.63) is 33.5 Å². The molecular formula is C17H20BrFN4O5S2. The normalized spacial score (nSPS) is 12.5. The number of thiazole rings is 1. The maximum absolute atomic E-state index is 13.5. The van der Waals surface area contributed by atoms with E-state index in [1.165, 1.54) is 6.07 Å². The Hall–Kier alpha value is -2.09. The molecule has 0 aliphatic heterocycles. The summed E-state index contributed by atoms with van der Waals surface area (Å²) < 4.78 is 42.5. The molecule has 0 bridgehead atoms. The van der Waals surface area contributed by atoms with E-state index in [9.17, 15) is 22.4 Å². The highest BCUT2D eigenvalue weighted by Gasteiger charge is 2.26. The Bertz CT molecular complexity index is 1060. The molecule has 0 spiro atoms. The number of aromatic nitrogens is 1. The van der Waals surface area contributed by atoms with E-state index in [4.69, 9.17) is 10.5 Å². The molecule has 1 heterocycles. The van der Waals surface area contributed by atoms with Gasteiger partial charge in [0.25, 0.3) is 0 Å². The van der Waals surface area contributed by atoms with Crippen molar-refractivity contribution in [3.63, 3.8) is 0 Å². The van der Waals surface area contributed by atoms with Crippen molar-refractivity contribution >= 4 is 59.7 Å². The molecule has 0 saturated carbocycles. The van der Waals surface area contributed by atoms with E-state index < -0.39 is 32.8 Å². The first-order valence-corrected chi connectivity index (χ1v) is 12.1. The number of nitrogens with two attached hydrogens (primary N) is 1. The Kier molecular flexibility index (Phi) is 7.91. The molecule has 9 nitrogen and oxygen atoms in total. The zero-order chi connectivity index (χ0) is 22.6. The average molecular weight is 523 g/mol. The van der Waals surface area contributed by atoms with Crippen LogP contribution >= 0.6 is 27.3 Å². The van der Waals surface area contributed by atoms with Crippen molar-refractivity contribution in [1.82, 2.24) is 4.98 Å². The van der Waals surface area contributed by atoms with Crippen LogP contribution in [0, 0.1) is 11.7 Å². The number of carbonyl (C=O) groups excluding carboxylic acids is 2. The van der Waals surface area contributed by atoms with Gasteiger partial charge in [-0.15, -0.1) is 0 Å². The topological polar surface area (TPSA) is 140 Å². The molecule has 164 valence electrons. The number of nitrogens with zero attached hydrogens (tertiary/aromatic N) is 1. The summed E-state index contributed by atoms with van der Waals surface area (Å²) >= 11 is 4.05. The van der Waals surface area contributed by atoms with E-state index in [2.05, 4.69) is 31.5 Å². The van der Waals surface area contributed by atoms with E-state index >= 15 is 0 Å². The quantitative estimate of drug-likeness (QED) is 0.474. The predicted octanol–water partition coefficient (Wildman–Crippen LogP) is 2.66. The summed E-state index contributed by atoms with van der Waals surface area (Å²) in [5, 5.41) is 3.22. The van der Waals surface area contributed by atoms with Crippen LogP contribution in [0.1, 0.15) is 24.9 Å². The Morgan fingerprint density at radius 2 is 1.93 bits per heavy atom. The van der Waals surface area contributed by atoms with Gasteiger partial charge in [-0.1, -0.05) is 25.2 Å². The standard InChI is InChI=1S/C17H20BrFN4O5S2/c1-8(2)7-28-11-6-9(19)4-5-10(11)21-15(24)16(25)23-17-22-12(13(18)29-17)14(20)30(3,26)27/h4-6,8,14H,7,20H2,1-3H3,(H,21,24)(H,22,23,25). The van der Waals surface area contributed by atoms with Crippen LogP contribution in [0.5, 0.6) is 5.75 Å². The van der Waals surface area contributed by atoms with Crippen LogP contribution in [0.4, 0.5) is 15.2 Å². The minimum Gasteiger partial charge on any atom is -0.491 e. The molecule has 0 aliphatic rings. The van der Waals surface area contributed by atoms with Crippen molar-refractivity contribution < 1.29 is 27.1 Å². The molecular weight excluding hydrogens is 503 g/mol. The van der Waals surface area contributed by atoms with Crippen molar-refractivity contribution in [2.75, 3.05) is 23.5 Å². The lowest BCUT2D eigenvalue weighted by Gasteiger charge is -2.13. The summed E-state index contributed by atoms with van der Waals surface area (Å²) in [6.07, 6.45) is 0.955. The van der Waals surface area contributed by atoms with Gasteiger partial charge in [-0.05, 0) is 34.0 Å².